The molecule has 1 saturated heterocycles. The molecule has 13 nitrogen and oxygen atoms in total. The van der Waals surface area contributed by atoms with Gasteiger partial charge in [0, 0.05) is 19.1 Å². The molecule has 1 aromatic carbocycles. The number of esters is 1. The zero-order chi connectivity index (χ0) is 27.1. The lowest BCUT2D eigenvalue weighted by Gasteiger charge is -2.24. The van der Waals surface area contributed by atoms with Crippen molar-refractivity contribution < 1.29 is 38.4 Å². The fourth-order valence-corrected chi connectivity index (χ4v) is 4.05. The maximum atomic E-state index is 12.7. The molecule has 2 N–H and O–H groups in total. The minimum atomic E-state index is -0.974. The Labute approximate surface area is 218 Å². The summed E-state index contributed by atoms with van der Waals surface area (Å²) in [7, 11) is 1.52. The van der Waals surface area contributed by atoms with E-state index in [1.807, 2.05) is 6.07 Å². The number of aromatic nitrogens is 4. The number of nitrogens with zero attached hydrogens (tertiary/aromatic N) is 4. The molecule has 0 spiro atoms. The minimum Gasteiger partial charge on any atom is -0.456 e. The van der Waals surface area contributed by atoms with Crippen molar-refractivity contribution in [3.05, 3.63) is 48.5 Å². The lowest BCUT2D eigenvalue weighted by Crippen LogP contribution is -2.40. The average molecular weight is 528 g/mol. The molecule has 4 atom stereocenters. The number of imidazole rings is 1. The number of Topliss-reactive ketones (excluding diaryl/α,β-unsaturated/α-hetero) is 1. The molecule has 1 amide bonds. The van der Waals surface area contributed by atoms with Crippen LogP contribution in [0, 0.1) is 0 Å². The number of hydrogen-bond acceptors (Lipinski definition) is 11. The van der Waals surface area contributed by atoms with Crippen molar-refractivity contribution in [1.29, 1.82) is 0 Å². The van der Waals surface area contributed by atoms with E-state index in [1.54, 1.807) is 28.8 Å². The number of aliphatic hydroxyl groups is 1. The third-order valence-corrected chi connectivity index (χ3v) is 5.91. The van der Waals surface area contributed by atoms with Crippen LogP contribution in [0.25, 0.3) is 11.2 Å². The maximum Gasteiger partial charge on any atom is 0.306 e. The molecule has 0 saturated carbocycles. The van der Waals surface area contributed by atoms with E-state index in [9.17, 15) is 19.5 Å². The number of anilines is 1. The number of methoxy groups -OCH3 is 1. The Morgan fingerprint density at radius 3 is 2.58 bits per heavy atom. The molecule has 0 unspecified atom stereocenters. The topological polar surface area (TPSA) is 164 Å². The largest absolute Gasteiger partial charge is 0.456 e. The molecule has 4 rings (SSSR count). The van der Waals surface area contributed by atoms with Crippen LogP contribution in [0.3, 0.4) is 0 Å². The van der Waals surface area contributed by atoms with Gasteiger partial charge in [0.05, 0.1) is 32.6 Å². The van der Waals surface area contributed by atoms with Gasteiger partial charge in [-0.05, 0) is 19.1 Å². The van der Waals surface area contributed by atoms with Crippen LogP contribution < -0.4 is 5.32 Å². The lowest BCUT2D eigenvalue weighted by molar-refractivity contribution is -0.159. The number of nitrogens with one attached hydrogen (secondary N) is 1. The van der Waals surface area contributed by atoms with E-state index in [-0.39, 0.29) is 43.6 Å². The average Bonchev–Trinajstić information content (AvgIpc) is 3.50. The Hall–Kier alpha value is -3.78. The zero-order valence-electron chi connectivity index (χ0n) is 21.0. The summed E-state index contributed by atoms with van der Waals surface area (Å²) >= 11 is 0. The number of hydrogen-bond donors (Lipinski definition) is 2. The number of aliphatic hydroxyl groups excluding tert-OH is 1. The fourth-order valence-electron chi connectivity index (χ4n) is 4.05. The summed E-state index contributed by atoms with van der Waals surface area (Å²) in [4.78, 5) is 49.3. The van der Waals surface area contributed by atoms with Gasteiger partial charge in [-0.25, -0.2) is 15.0 Å². The van der Waals surface area contributed by atoms with Crippen LogP contribution in [-0.4, -0.2) is 87.5 Å². The molecule has 3 aromatic rings. The summed E-state index contributed by atoms with van der Waals surface area (Å²) in [5.41, 5.74) is 1.08. The van der Waals surface area contributed by atoms with E-state index in [2.05, 4.69) is 20.3 Å². The molecule has 1 aliphatic rings. The number of fused-ring (bicyclic) bond motifs is 1. The zero-order valence-corrected chi connectivity index (χ0v) is 21.0. The van der Waals surface area contributed by atoms with Crippen molar-refractivity contribution in [3.63, 3.8) is 0 Å². The molecular weight excluding hydrogens is 498 g/mol. The van der Waals surface area contributed by atoms with Crippen molar-refractivity contribution in [3.8, 4) is 0 Å². The van der Waals surface area contributed by atoms with E-state index in [0.29, 0.717) is 16.7 Å². The van der Waals surface area contributed by atoms with Gasteiger partial charge in [0.15, 0.2) is 29.3 Å². The molecule has 3 heterocycles. The molecule has 1 aliphatic heterocycles. The Balaban J connectivity index is 1.61. The summed E-state index contributed by atoms with van der Waals surface area (Å²) in [6.45, 7) is 1.35. The Kier molecular flexibility index (Phi) is 9.07. The van der Waals surface area contributed by atoms with Crippen molar-refractivity contribution in [2.24, 2.45) is 0 Å². The Morgan fingerprint density at radius 2 is 1.87 bits per heavy atom. The summed E-state index contributed by atoms with van der Waals surface area (Å²) < 4.78 is 24.3. The van der Waals surface area contributed by atoms with E-state index in [4.69, 9.17) is 18.9 Å². The molecule has 38 heavy (non-hydrogen) atoms. The maximum absolute atomic E-state index is 12.7. The predicted octanol–water partition coefficient (Wildman–Crippen LogP) is 1.28. The number of carbonyl (C=O) groups excluding carboxylic acids is 3. The van der Waals surface area contributed by atoms with Crippen LogP contribution in [0.5, 0.6) is 0 Å². The SMILES string of the molecule is COCCO[C@@H]1[C@H](OC(=O)CCC(C)=O)[C@@H](CO)O[C@H]1n1cnc2c(NC(=O)c3ccccc3)ncnc21. The first kappa shape index (κ1) is 27.3. The molecule has 202 valence electrons. The summed E-state index contributed by atoms with van der Waals surface area (Å²) in [5, 5.41) is 12.7. The quantitative estimate of drug-likeness (QED) is 0.257. The van der Waals surface area contributed by atoms with Gasteiger partial charge in [-0.1, -0.05) is 18.2 Å². The molecule has 0 bridgehead atoms. The highest BCUT2D eigenvalue weighted by atomic mass is 16.6. The molecule has 2 aromatic heterocycles. The fraction of sp³-hybridized carbons (Fsp3) is 0.440. The first-order chi connectivity index (χ1) is 18.4. The van der Waals surface area contributed by atoms with E-state index >= 15 is 0 Å². The van der Waals surface area contributed by atoms with Crippen molar-refractivity contribution >= 4 is 34.6 Å². The number of carbonyl (C=O) groups is 3. The van der Waals surface area contributed by atoms with Crippen LogP contribution in [0.15, 0.2) is 43.0 Å². The highest BCUT2D eigenvalue weighted by molar-refractivity contribution is 6.06. The van der Waals surface area contributed by atoms with E-state index < -0.39 is 37.1 Å². The minimum absolute atomic E-state index is 0.0371. The highest BCUT2D eigenvalue weighted by Crippen LogP contribution is 2.36. The molecule has 13 heteroatoms. The third-order valence-electron chi connectivity index (χ3n) is 5.91. The number of rotatable bonds is 12. The van der Waals surface area contributed by atoms with Crippen LogP contribution >= 0.6 is 0 Å². The number of ether oxygens (including phenoxy) is 4. The first-order valence-electron chi connectivity index (χ1n) is 12.0. The van der Waals surface area contributed by atoms with Crippen LogP contribution in [0.2, 0.25) is 0 Å². The normalized spacial score (nSPS) is 20.9. The predicted molar refractivity (Wildman–Crippen MR) is 132 cm³/mol. The van der Waals surface area contributed by atoms with Gasteiger partial charge in [-0.3, -0.25) is 14.2 Å². The third kappa shape index (κ3) is 6.19. The number of benzene rings is 1. The highest BCUT2D eigenvalue weighted by Gasteiger charge is 2.49. The van der Waals surface area contributed by atoms with Gasteiger partial charge in [-0.2, -0.15) is 0 Å². The van der Waals surface area contributed by atoms with E-state index in [1.165, 1.54) is 26.7 Å². The molecular formula is C25H29N5O8. The summed E-state index contributed by atoms with van der Waals surface area (Å²) in [5.74, 6) is -0.926. The second-order valence-electron chi connectivity index (χ2n) is 8.60. The second-order valence-corrected chi connectivity index (χ2v) is 8.60. The molecule has 0 aliphatic carbocycles. The number of ketones is 1. The van der Waals surface area contributed by atoms with Crippen molar-refractivity contribution in [2.75, 3.05) is 32.2 Å². The second kappa shape index (κ2) is 12.6. The standard InChI is InChI=1S/C25H29N5O8/c1-15(32)8-9-18(33)38-20-17(12-31)37-25(21(20)36-11-10-35-2)30-14-28-19-22(26-13-27-23(19)30)29-24(34)16-6-4-3-5-7-16/h3-7,13-14,17,20-21,25,31H,8-12H2,1-2H3,(H,26,27,29,34)/t17-,20-,21-,25-/m1/s1. The van der Waals surface area contributed by atoms with Crippen LogP contribution in [-0.2, 0) is 28.5 Å². The van der Waals surface area contributed by atoms with Gasteiger partial charge >= 0.3 is 5.97 Å². The summed E-state index contributed by atoms with van der Waals surface area (Å²) in [6.07, 6.45) is -0.989. The van der Waals surface area contributed by atoms with Crippen LogP contribution in [0.1, 0.15) is 36.4 Å². The Morgan fingerprint density at radius 1 is 1.08 bits per heavy atom. The first-order valence-corrected chi connectivity index (χ1v) is 12.0. The van der Waals surface area contributed by atoms with Gasteiger partial charge in [-0.15, -0.1) is 0 Å². The smallest absolute Gasteiger partial charge is 0.306 e. The Bertz CT molecular complexity index is 1270. The van der Waals surface area contributed by atoms with Gasteiger partial charge in [0.25, 0.3) is 5.91 Å². The van der Waals surface area contributed by atoms with Gasteiger partial charge in [0.2, 0.25) is 0 Å². The van der Waals surface area contributed by atoms with Gasteiger partial charge < -0.3 is 34.2 Å². The summed E-state index contributed by atoms with van der Waals surface area (Å²) in [6, 6.07) is 8.66. The molecule has 0 radical (unpaired) electrons. The molecule has 1 fully saturated rings. The van der Waals surface area contributed by atoms with Crippen molar-refractivity contribution in [2.45, 2.75) is 44.3 Å². The van der Waals surface area contributed by atoms with Crippen LogP contribution in [0.4, 0.5) is 5.82 Å². The van der Waals surface area contributed by atoms with Crippen molar-refractivity contribution in [1.82, 2.24) is 19.5 Å². The number of amides is 1. The lowest BCUT2D eigenvalue weighted by atomic mass is 10.1. The van der Waals surface area contributed by atoms with E-state index in [0.717, 1.165) is 0 Å². The monoisotopic (exact) mass is 527 g/mol. The van der Waals surface area contributed by atoms with Gasteiger partial charge in [0.1, 0.15) is 24.3 Å².